The summed E-state index contributed by atoms with van der Waals surface area (Å²) in [6.07, 6.45) is 2.01. The Kier molecular flexibility index (Phi) is 1.53. The molecular weight excluding hydrogens is 136 g/mol. The van der Waals surface area contributed by atoms with Crippen LogP contribution >= 0.6 is 0 Å². The van der Waals surface area contributed by atoms with Gasteiger partial charge in [-0.2, -0.15) is 0 Å². The summed E-state index contributed by atoms with van der Waals surface area (Å²) in [6.45, 7) is 0. The van der Waals surface area contributed by atoms with Gasteiger partial charge in [0.1, 0.15) is 6.42 Å². The molecule has 1 aromatic rings. The molecule has 6 heteroatoms. The van der Waals surface area contributed by atoms with E-state index in [0.717, 1.165) is 4.68 Å². The molecule has 53 valence electrons. The second-order valence-electron chi connectivity index (χ2n) is 1.66. The van der Waals surface area contributed by atoms with E-state index in [4.69, 9.17) is 10.9 Å². The van der Waals surface area contributed by atoms with Crippen molar-refractivity contribution in [1.82, 2.24) is 14.9 Å². The van der Waals surface area contributed by atoms with E-state index in [1.54, 1.807) is 0 Å². The molecule has 0 aliphatic heterocycles. The minimum atomic E-state index is -0.992. The molecule has 6 nitrogen and oxygen atoms in total. The summed E-state index contributed by atoms with van der Waals surface area (Å²) < 4.78 is 0.952. The molecule has 0 fully saturated rings. The lowest BCUT2D eigenvalue weighted by molar-refractivity contribution is -0.136. The molecule has 3 N–H and O–H groups in total. The lowest BCUT2D eigenvalue weighted by atomic mass is 10.4. The summed E-state index contributed by atoms with van der Waals surface area (Å²) >= 11 is 0. The highest BCUT2D eigenvalue weighted by Gasteiger charge is 2.05. The number of nitrogens with zero attached hydrogens (tertiary/aromatic N) is 3. The van der Waals surface area contributed by atoms with Crippen LogP contribution in [0.5, 0.6) is 0 Å². The summed E-state index contributed by atoms with van der Waals surface area (Å²) in [6, 6.07) is 0. The Morgan fingerprint density at radius 2 is 2.60 bits per heavy atom. The summed E-state index contributed by atoms with van der Waals surface area (Å²) in [5.41, 5.74) is 0. The van der Waals surface area contributed by atoms with E-state index < -0.39 is 5.97 Å². The van der Waals surface area contributed by atoms with Crippen LogP contribution in [0.25, 0.3) is 0 Å². The first-order valence-electron chi connectivity index (χ1n) is 2.49. The second-order valence-corrected chi connectivity index (χ2v) is 1.66. The first-order valence-corrected chi connectivity index (χ1v) is 2.49. The lowest BCUT2D eigenvalue weighted by Crippen LogP contribution is -2.15. The van der Waals surface area contributed by atoms with Gasteiger partial charge < -0.3 is 10.9 Å². The smallest absolute Gasteiger partial charge is 0.311 e. The van der Waals surface area contributed by atoms with Gasteiger partial charge in [-0.05, 0) is 0 Å². The van der Waals surface area contributed by atoms with E-state index >= 15 is 0 Å². The first kappa shape index (κ1) is 6.53. The minimum Gasteiger partial charge on any atom is -0.481 e. The number of nitrogens with two attached hydrogens (primary N) is 1. The van der Waals surface area contributed by atoms with Gasteiger partial charge in [-0.25, -0.2) is 4.68 Å². The third-order valence-electron chi connectivity index (χ3n) is 0.905. The minimum absolute atomic E-state index is 0.188. The van der Waals surface area contributed by atoms with Crippen molar-refractivity contribution < 1.29 is 9.90 Å². The fourth-order valence-corrected chi connectivity index (χ4v) is 0.490. The Balaban J connectivity index is 2.74. The molecule has 0 bridgehead atoms. The molecule has 0 saturated carbocycles. The second kappa shape index (κ2) is 2.34. The van der Waals surface area contributed by atoms with Crippen molar-refractivity contribution >= 4 is 5.97 Å². The first-order chi connectivity index (χ1) is 4.70. The molecule has 1 radical (unpaired) electrons. The number of aliphatic carboxylic acids is 1. The van der Waals surface area contributed by atoms with Crippen molar-refractivity contribution in [3.63, 3.8) is 0 Å². The van der Waals surface area contributed by atoms with Crippen molar-refractivity contribution in [2.45, 2.75) is 6.42 Å². The summed E-state index contributed by atoms with van der Waals surface area (Å²) in [5.74, 6) is 4.36. The third kappa shape index (κ3) is 1.22. The standard InChI is InChI=1S/C4H5N4O2/c5-8-2-6-7-3(8)1-4(9)10/h1,5H2,(H,9,10). The fraction of sp³-hybridized carbons (Fsp3) is 0.250. The van der Waals surface area contributed by atoms with Crippen LogP contribution in [0.3, 0.4) is 0 Å². The maximum atomic E-state index is 10.1. The Labute approximate surface area is 56.3 Å². The van der Waals surface area contributed by atoms with Crippen molar-refractivity contribution in [2.75, 3.05) is 5.84 Å². The Morgan fingerprint density at radius 1 is 1.90 bits per heavy atom. The summed E-state index contributed by atoms with van der Waals surface area (Å²) in [7, 11) is 0. The molecule has 1 heterocycles. The molecule has 0 aromatic carbocycles. The van der Waals surface area contributed by atoms with E-state index in [1.807, 2.05) is 0 Å². The number of carboxylic acid groups (broad SMARTS) is 1. The van der Waals surface area contributed by atoms with Crippen molar-refractivity contribution in [2.24, 2.45) is 0 Å². The van der Waals surface area contributed by atoms with Crippen LogP contribution in [0.4, 0.5) is 0 Å². The fourth-order valence-electron chi connectivity index (χ4n) is 0.490. The Bertz CT molecular complexity index is 243. The number of hydrogen-bond acceptors (Lipinski definition) is 4. The average Bonchev–Trinajstić information content (AvgIpc) is 2.15. The molecule has 0 aliphatic rings. The van der Waals surface area contributed by atoms with Gasteiger partial charge in [0.05, 0.1) is 0 Å². The van der Waals surface area contributed by atoms with Crippen molar-refractivity contribution in [3.05, 3.63) is 12.2 Å². The van der Waals surface area contributed by atoms with Gasteiger partial charge in [-0.3, -0.25) is 4.79 Å². The molecular formula is C4H5N4O2. The lowest BCUT2D eigenvalue weighted by Gasteiger charge is -1.92. The predicted molar refractivity (Wildman–Crippen MR) is 30.3 cm³/mol. The number of carboxylic acids is 1. The van der Waals surface area contributed by atoms with Crippen molar-refractivity contribution in [3.8, 4) is 0 Å². The van der Waals surface area contributed by atoms with Crippen LogP contribution in [0.2, 0.25) is 0 Å². The quantitative estimate of drug-likeness (QED) is 0.484. The van der Waals surface area contributed by atoms with Gasteiger partial charge in [0.25, 0.3) is 0 Å². The van der Waals surface area contributed by atoms with Crippen LogP contribution in [0, 0.1) is 6.33 Å². The Morgan fingerprint density at radius 3 is 3.00 bits per heavy atom. The normalized spacial score (nSPS) is 9.60. The zero-order chi connectivity index (χ0) is 7.56. The SMILES string of the molecule is Nn1[c]nnc1CC(=O)O. The monoisotopic (exact) mass is 141 g/mol. The number of aromatic nitrogens is 3. The molecule has 1 aromatic heterocycles. The third-order valence-corrected chi connectivity index (χ3v) is 0.905. The van der Waals surface area contributed by atoms with E-state index in [0.29, 0.717) is 0 Å². The van der Waals surface area contributed by atoms with Crippen LogP contribution in [0.1, 0.15) is 5.82 Å². The number of nitrogen functional groups attached to an aromatic ring is 1. The highest BCUT2D eigenvalue weighted by atomic mass is 16.4. The van der Waals surface area contributed by atoms with Gasteiger partial charge >= 0.3 is 5.97 Å². The topological polar surface area (TPSA) is 94.0 Å². The zero-order valence-electron chi connectivity index (χ0n) is 4.98. The molecule has 0 unspecified atom stereocenters. The molecule has 1 rings (SSSR count). The van der Waals surface area contributed by atoms with Crippen LogP contribution in [-0.2, 0) is 11.2 Å². The maximum absolute atomic E-state index is 10.1. The summed E-state index contributed by atoms with van der Waals surface area (Å²) in [5, 5.41) is 14.9. The van der Waals surface area contributed by atoms with Crippen LogP contribution in [0.15, 0.2) is 0 Å². The van der Waals surface area contributed by atoms with Crippen molar-refractivity contribution in [1.29, 1.82) is 0 Å². The zero-order valence-corrected chi connectivity index (χ0v) is 4.98. The maximum Gasteiger partial charge on any atom is 0.311 e. The van der Waals surface area contributed by atoms with Gasteiger partial charge in [0.15, 0.2) is 5.82 Å². The molecule has 0 aliphatic carbocycles. The number of hydrogen-bond donors (Lipinski definition) is 2. The van der Waals surface area contributed by atoms with E-state index in [9.17, 15) is 4.79 Å². The molecule has 0 amide bonds. The largest absolute Gasteiger partial charge is 0.481 e. The molecule has 0 atom stereocenters. The van der Waals surface area contributed by atoms with E-state index in [1.165, 1.54) is 0 Å². The van der Waals surface area contributed by atoms with Gasteiger partial charge in [0, 0.05) is 0 Å². The number of carbonyl (C=O) groups is 1. The van der Waals surface area contributed by atoms with Gasteiger partial charge in [0.2, 0.25) is 6.33 Å². The van der Waals surface area contributed by atoms with E-state index in [-0.39, 0.29) is 12.2 Å². The van der Waals surface area contributed by atoms with Crippen LogP contribution < -0.4 is 5.84 Å². The predicted octanol–water partition coefficient (Wildman–Crippen LogP) is -1.58. The molecule has 0 saturated heterocycles. The van der Waals surface area contributed by atoms with Gasteiger partial charge in [-0.15, -0.1) is 10.2 Å². The average molecular weight is 141 g/mol. The van der Waals surface area contributed by atoms with E-state index in [2.05, 4.69) is 16.5 Å². The highest BCUT2D eigenvalue weighted by molar-refractivity contribution is 5.68. The summed E-state index contributed by atoms with van der Waals surface area (Å²) in [4.78, 5) is 10.1. The van der Waals surface area contributed by atoms with Crippen LogP contribution in [-0.4, -0.2) is 25.9 Å². The Hall–Kier alpha value is -1.59. The van der Waals surface area contributed by atoms with Gasteiger partial charge in [-0.1, -0.05) is 0 Å². The molecule has 10 heavy (non-hydrogen) atoms. The highest BCUT2D eigenvalue weighted by Crippen LogP contribution is 1.88. The number of rotatable bonds is 2. The molecule has 0 spiro atoms.